The number of hydrogen-bond donors (Lipinski definition) is 1. The third-order valence-electron chi connectivity index (χ3n) is 2.55. The molecule has 0 aliphatic carbocycles. The smallest absolute Gasteiger partial charge is 0.271 e. The summed E-state index contributed by atoms with van der Waals surface area (Å²) in [5, 5.41) is 13.3. The van der Waals surface area contributed by atoms with E-state index in [2.05, 4.69) is 5.32 Å². The summed E-state index contributed by atoms with van der Waals surface area (Å²) in [7, 11) is 0. The van der Waals surface area contributed by atoms with E-state index in [1.807, 2.05) is 13.0 Å². The zero-order valence-electron chi connectivity index (χ0n) is 10.3. The van der Waals surface area contributed by atoms with E-state index in [4.69, 9.17) is 0 Å². The zero-order valence-corrected chi connectivity index (χ0v) is 11.1. The van der Waals surface area contributed by atoms with Gasteiger partial charge >= 0.3 is 0 Å². The van der Waals surface area contributed by atoms with Crippen LogP contribution in [0.3, 0.4) is 0 Å². The molecule has 1 aromatic carbocycles. The van der Waals surface area contributed by atoms with Crippen molar-refractivity contribution in [2.24, 2.45) is 0 Å². The Bertz CT molecular complexity index is 622. The normalized spacial score (nSPS) is 10.2. The zero-order chi connectivity index (χ0) is 13.8. The summed E-state index contributed by atoms with van der Waals surface area (Å²) >= 11 is 1.42. The van der Waals surface area contributed by atoms with Gasteiger partial charge in [0.05, 0.1) is 9.80 Å². The summed E-state index contributed by atoms with van der Waals surface area (Å²) in [6, 6.07) is 9.56. The number of carbonyl (C=O) groups excluding carboxylic acids is 1. The topological polar surface area (TPSA) is 72.2 Å². The maximum atomic E-state index is 12.0. The number of aryl methyl sites for hydroxylation is 1. The number of nitrogens with one attached hydrogen (secondary N) is 1. The highest BCUT2D eigenvalue weighted by molar-refractivity contribution is 7.14. The van der Waals surface area contributed by atoms with Crippen LogP contribution in [-0.4, -0.2) is 10.8 Å². The largest absolute Gasteiger partial charge is 0.321 e. The fraction of sp³-hybridized carbons (Fsp3) is 0.154. The van der Waals surface area contributed by atoms with Crippen LogP contribution in [0, 0.1) is 10.1 Å². The Hall–Kier alpha value is -2.21. The molecule has 2 rings (SSSR count). The highest BCUT2D eigenvalue weighted by Gasteiger charge is 2.11. The van der Waals surface area contributed by atoms with Gasteiger partial charge in [0.15, 0.2) is 0 Å². The molecular formula is C13H12N2O3S. The minimum Gasteiger partial charge on any atom is -0.321 e. The maximum Gasteiger partial charge on any atom is 0.271 e. The van der Waals surface area contributed by atoms with E-state index in [-0.39, 0.29) is 11.6 Å². The van der Waals surface area contributed by atoms with E-state index >= 15 is 0 Å². The Balaban J connectivity index is 2.14. The number of carbonyl (C=O) groups is 1. The van der Waals surface area contributed by atoms with Gasteiger partial charge in [-0.05, 0) is 24.6 Å². The number of amides is 1. The van der Waals surface area contributed by atoms with Gasteiger partial charge < -0.3 is 5.32 Å². The van der Waals surface area contributed by atoms with E-state index in [0.717, 1.165) is 11.3 Å². The molecule has 0 aliphatic heterocycles. The van der Waals surface area contributed by atoms with E-state index in [0.29, 0.717) is 10.6 Å². The second-order valence-corrected chi connectivity index (χ2v) is 5.05. The highest BCUT2D eigenvalue weighted by atomic mass is 32.1. The van der Waals surface area contributed by atoms with E-state index in [1.54, 1.807) is 18.2 Å². The second-order valence-electron chi connectivity index (χ2n) is 3.88. The summed E-state index contributed by atoms with van der Waals surface area (Å²) in [4.78, 5) is 23.8. The fourth-order valence-corrected chi connectivity index (χ4v) is 2.42. The van der Waals surface area contributed by atoms with Crippen molar-refractivity contribution in [3.63, 3.8) is 0 Å². The van der Waals surface area contributed by atoms with Crippen molar-refractivity contribution in [1.29, 1.82) is 0 Å². The van der Waals surface area contributed by atoms with Crippen molar-refractivity contribution in [3.8, 4) is 0 Å². The van der Waals surface area contributed by atoms with Gasteiger partial charge in [0, 0.05) is 22.7 Å². The number of nitro groups is 1. The van der Waals surface area contributed by atoms with Crippen molar-refractivity contribution >= 4 is 28.6 Å². The summed E-state index contributed by atoms with van der Waals surface area (Å²) in [6.45, 7) is 2.02. The van der Waals surface area contributed by atoms with E-state index < -0.39 is 4.92 Å². The Morgan fingerprint density at radius 1 is 1.37 bits per heavy atom. The first-order valence-electron chi connectivity index (χ1n) is 5.74. The number of hydrogen-bond acceptors (Lipinski definition) is 4. The van der Waals surface area contributed by atoms with Crippen molar-refractivity contribution in [3.05, 3.63) is 56.3 Å². The highest BCUT2D eigenvalue weighted by Crippen LogP contribution is 2.21. The van der Waals surface area contributed by atoms with E-state index in [9.17, 15) is 14.9 Å². The van der Waals surface area contributed by atoms with Gasteiger partial charge in [-0.1, -0.05) is 13.0 Å². The lowest BCUT2D eigenvalue weighted by atomic mass is 10.2. The van der Waals surface area contributed by atoms with Gasteiger partial charge in [-0.25, -0.2) is 0 Å². The van der Waals surface area contributed by atoms with Crippen LogP contribution in [0.5, 0.6) is 0 Å². The average molecular weight is 276 g/mol. The Labute approximate surface area is 114 Å². The number of nitrogens with zero attached hydrogens (tertiary/aromatic N) is 1. The van der Waals surface area contributed by atoms with Crippen molar-refractivity contribution in [1.82, 2.24) is 0 Å². The summed E-state index contributed by atoms with van der Waals surface area (Å²) in [5.74, 6) is -0.245. The molecule has 1 amide bonds. The molecule has 0 bridgehead atoms. The molecule has 0 aliphatic rings. The van der Waals surface area contributed by atoms with Gasteiger partial charge in [-0.15, -0.1) is 11.3 Å². The molecule has 6 heteroatoms. The number of thiophene rings is 1. The van der Waals surface area contributed by atoms with Crippen LogP contribution in [0.15, 0.2) is 36.4 Å². The number of benzene rings is 1. The molecule has 0 unspecified atom stereocenters. The summed E-state index contributed by atoms with van der Waals surface area (Å²) < 4.78 is 0. The predicted octanol–water partition coefficient (Wildman–Crippen LogP) is 3.47. The lowest BCUT2D eigenvalue weighted by Gasteiger charge is -2.02. The van der Waals surface area contributed by atoms with Crippen molar-refractivity contribution < 1.29 is 9.72 Å². The molecule has 98 valence electrons. The third kappa shape index (κ3) is 3.17. The molecule has 0 saturated heterocycles. The molecule has 0 radical (unpaired) electrons. The monoisotopic (exact) mass is 276 g/mol. The molecular weight excluding hydrogens is 264 g/mol. The molecule has 0 spiro atoms. The number of anilines is 1. The van der Waals surface area contributed by atoms with Crippen LogP contribution in [0.4, 0.5) is 11.4 Å². The molecule has 0 fully saturated rings. The Morgan fingerprint density at radius 3 is 2.79 bits per heavy atom. The third-order valence-corrected chi connectivity index (χ3v) is 3.78. The fourth-order valence-electron chi connectivity index (χ4n) is 1.58. The standard InChI is InChI=1S/C13H12N2O3S/c1-2-11-6-7-12(19-11)13(16)14-9-4-3-5-10(8-9)15(17)18/h3-8H,2H2,1H3,(H,14,16). The lowest BCUT2D eigenvalue weighted by Crippen LogP contribution is -2.10. The first-order chi connectivity index (χ1) is 9.10. The van der Waals surface area contributed by atoms with Gasteiger partial charge in [0.2, 0.25) is 0 Å². The molecule has 1 heterocycles. The molecule has 1 N–H and O–H groups in total. The van der Waals surface area contributed by atoms with Crippen LogP contribution in [-0.2, 0) is 6.42 Å². The SMILES string of the molecule is CCc1ccc(C(=O)Nc2cccc([N+](=O)[O-])c2)s1. The van der Waals surface area contributed by atoms with Crippen LogP contribution >= 0.6 is 11.3 Å². The number of non-ortho nitro benzene ring substituents is 1. The lowest BCUT2D eigenvalue weighted by molar-refractivity contribution is -0.384. The molecule has 1 aromatic heterocycles. The molecule has 5 nitrogen and oxygen atoms in total. The minimum absolute atomic E-state index is 0.0433. The Morgan fingerprint density at radius 2 is 2.16 bits per heavy atom. The first-order valence-corrected chi connectivity index (χ1v) is 6.56. The summed E-state index contributed by atoms with van der Waals surface area (Å²) in [5.41, 5.74) is 0.379. The molecule has 0 atom stereocenters. The summed E-state index contributed by atoms with van der Waals surface area (Å²) in [6.07, 6.45) is 0.884. The van der Waals surface area contributed by atoms with Gasteiger partial charge in [-0.2, -0.15) is 0 Å². The van der Waals surface area contributed by atoms with Gasteiger partial charge in [0.1, 0.15) is 0 Å². The van der Waals surface area contributed by atoms with Gasteiger partial charge in [0.25, 0.3) is 11.6 Å². The quantitative estimate of drug-likeness (QED) is 0.686. The second kappa shape index (κ2) is 5.62. The number of rotatable bonds is 4. The van der Waals surface area contributed by atoms with Crippen LogP contribution in [0.2, 0.25) is 0 Å². The van der Waals surface area contributed by atoms with Gasteiger partial charge in [-0.3, -0.25) is 14.9 Å². The van der Waals surface area contributed by atoms with E-state index in [1.165, 1.54) is 23.5 Å². The predicted molar refractivity (Wildman–Crippen MR) is 74.7 cm³/mol. The molecule has 0 saturated carbocycles. The number of nitro benzene ring substituents is 1. The van der Waals surface area contributed by atoms with Crippen molar-refractivity contribution in [2.75, 3.05) is 5.32 Å². The Kier molecular flexibility index (Phi) is 3.91. The average Bonchev–Trinajstić information content (AvgIpc) is 2.88. The van der Waals surface area contributed by atoms with Crippen molar-refractivity contribution in [2.45, 2.75) is 13.3 Å². The molecule has 2 aromatic rings. The molecule has 19 heavy (non-hydrogen) atoms. The van der Waals surface area contributed by atoms with Crippen LogP contribution in [0.1, 0.15) is 21.5 Å². The van der Waals surface area contributed by atoms with Crippen LogP contribution < -0.4 is 5.32 Å². The maximum absolute atomic E-state index is 12.0. The first kappa shape index (κ1) is 13.2. The van der Waals surface area contributed by atoms with Crippen LogP contribution in [0.25, 0.3) is 0 Å². The minimum atomic E-state index is -0.490.